The summed E-state index contributed by atoms with van der Waals surface area (Å²) in [6, 6.07) is 10.4. The van der Waals surface area contributed by atoms with Crippen molar-refractivity contribution in [1.29, 1.82) is 0 Å². The first kappa shape index (κ1) is 16.5. The van der Waals surface area contributed by atoms with Gasteiger partial charge in [-0.1, -0.05) is 43.2 Å². The molecule has 1 N–H and O–H groups in total. The maximum atomic E-state index is 12.8. The summed E-state index contributed by atoms with van der Waals surface area (Å²) in [4.78, 5) is 15.3. The van der Waals surface area contributed by atoms with E-state index in [9.17, 15) is 4.79 Å². The Hall–Kier alpha value is -1.35. The molecule has 0 radical (unpaired) electrons. The van der Waals surface area contributed by atoms with Crippen molar-refractivity contribution in [2.24, 2.45) is 5.92 Å². The van der Waals surface area contributed by atoms with Gasteiger partial charge in [0, 0.05) is 6.54 Å². The van der Waals surface area contributed by atoms with E-state index in [1.54, 1.807) is 0 Å². The fourth-order valence-corrected chi connectivity index (χ4v) is 4.22. The normalized spacial score (nSPS) is 20.7. The Kier molecular flexibility index (Phi) is 6.09. The Balaban J connectivity index is 1.52. The topological polar surface area (TPSA) is 32.3 Å². The molecule has 23 heavy (non-hydrogen) atoms. The van der Waals surface area contributed by atoms with Crippen molar-refractivity contribution in [3.8, 4) is 0 Å². The highest BCUT2D eigenvalue weighted by Crippen LogP contribution is 2.37. The molecule has 1 amide bonds. The summed E-state index contributed by atoms with van der Waals surface area (Å²) in [6.45, 7) is 4.41. The predicted octanol–water partition coefficient (Wildman–Crippen LogP) is 3.56. The average Bonchev–Trinajstić information content (AvgIpc) is 3.27. The fraction of sp³-hybridized carbons (Fsp3) is 0.650. The molecule has 1 atom stereocenters. The fourth-order valence-electron chi connectivity index (χ4n) is 4.22. The minimum Gasteiger partial charge on any atom is -0.356 e. The van der Waals surface area contributed by atoms with E-state index in [4.69, 9.17) is 0 Å². The third-order valence-electron chi connectivity index (χ3n) is 5.46. The van der Waals surface area contributed by atoms with Crippen LogP contribution < -0.4 is 5.32 Å². The molecular weight excluding hydrogens is 284 g/mol. The molecule has 0 spiro atoms. The van der Waals surface area contributed by atoms with E-state index in [1.165, 1.54) is 57.2 Å². The highest BCUT2D eigenvalue weighted by Gasteiger charge is 2.31. The molecule has 0 aromatic heterocycles. The van der Waals surface area contributed by atoms with Crippen molar-refractivity contribution in [2.75, 3.05) is 26.2 Å². The number of rotatable bonds is 7. The van der Waals surface area contributed by atoms with E-state index >= 15 is 0 Å². The largest absolute Gasteiger partial charge is 0.356 e. The highest BCUT2D eigenvalue weighted by atomic mass is 16.1. The van der Waals surface area contributed by atoms with Crippen LogP contribution in [0.5, 0.6) is 0 Å². The van der Waals surface area contributed by atoms with Crippen molar-refractivity contribution in [1.82, 2.24) is 10.2 Å². The minimum absolute atomic E-state index is 0.0467. The molecule has 1 heterocycles. The number of carbonyl (C=O) groups is 1. The number of hydrogen-bond acceptors (Lipinski definition) is 2. The van der Waals surface area contributed by atoms with Gasteiger partial charge in [0.1, 0.15) is 0 Å². The molecule has 1 saturated heterocycles. The van der Waals surface area contributed by atoms with Crippen LogP contribution in [0.4, 0.5) is 0 Å². The van der Waals surface area contributed by atoms with Crippen LogP contribution in [-0.4, -0.2) is 37.0 Å². The van der Waals surface area contributed by atoms with E-state index in [1.807, 2.05) is 6.07 Å². The second-order valence-electron chi connectivity index (χ2n) is 7.13. The number of nitrogens with one attached hydrogen (secondary N) is 1. The zero-order chi connectivity index (χ0) is 15.9. The van der Waals surface area contributed by atoms with Gasteiger partial charge in [-0.25, -0.2) is 0 Å². The van der Waals surface area contributed by atoms with Gasteiger partial charge in [0.25, 0.3) is 0 Å². The molecule has 1 unspecified atom stereocenters. The predicted molar refractivity (Wildman–Crippen MR) is 94.4 cm³/mol. The lowest BCUT2D eigenvalue weighted by Crippen LogP contribution is -2.34. The van der Waals surface area contributed by atoms with Gasteiger partial charge < -0.3 is 10.2 Å². The summed E-state index contributed by atoms with van der Waals surface area (Å²) in [5, 5.41) is 3.22. The molecule has 2 aliphatic rings. The molecule has 1 aromatic rings. The first-order valence-corrected chi connectivity index (χ1v) is 9.39. The third kappa shape index (κ3) is 4.57. The van der Waals surface area contributed by atoms with Gasteiger partial charge >= 0.3 is 0 Å². The van der Waals surface area contributed by atoms with Gasteiger partial charge in [0.2, 0.25) is 5.91 Å². The van der Waals surface area contributed by atoms with Gasteiger partial charge in [0.05, 0.1) is 5.92 Å². The zero-order valence-electron chi connectivity index (χ0n) is 14.2. The standard InChI is InChI=1S/C20H30N2O/c23-20(21-13-8-16-22-14-6-7-15-22)19(18-11-4-5-12-18)17-9-2-1-3-10-17/h1-3,9-10,18-19H,4-8,11-16H2,(H,21,23). The maximum Gasteiger partial charge on any atom is 0.227 e. The summed E-state index contributed by atoms with van der Waals surface area (Å²) in [5.74, 6) is 0.811. The van der Waals surface area contributed by atoms with Crippen LogP contribution in [0.2, 0.25) is 0 Å². The molecule has 1 aliphatic carbocycles. The van der Waals surface area contributed by atoms with Gasteiger partial charge in [-0.05, 0) is 63.2 Å². The van der Waals surface area contributed by atoms with E-state index in [2.05, 4.69) is 34.5 Å². The molecule has 1 aromatic carbocycles. The van der Waals surface area contributed by atoms with Crippen LogP contribution in [0.3, 0.4) is 0 Å². The molecule has 3 nitrogen and oxygen atoms in total. The highest BCUT2D eigenvalue weighted by molar-refractivity contribution is 5.84. The van der Waals surface area contributed by atoms with E-state index in [0.717, 1.165) is 19.5 Å². The molecular formula is C20H30N2O. The number of amides is 1. The quantitative estimate of drug-likeness (QED) is 0.781. The number of nitrogens with zero attached hydrogens (tertiary/aromatic N) is 1. The monoisotopic (exact) mass is 314 g/mol. The Morgan fingerprint density at radius 2 is 1.78 bits per heavy atom. The smallest absolute Gasteiger partial charge is 0.227 e. The number of carbonyl (C=O) groups excluding carboxylic acids is 1. The second-order valence-corrected chi connectivity index (χ2v) is 7.13. The van der Waals surface area contributed by atoms with Crippen molar-refractivity contribution < 1.29 is 4.79 Å². The van der Waals surface area contributed by atoms with Crippen molar-refractivity contribution >= 4 is 5.91 Å². The van der Waals surface area contributed by atoms with E-state index in [-0.39, 0.29) is 11.8 Å². The molecule has 2 fully saturated rings. The summed E-state index contributed by atoms with van der Waals surface area (Å²) >= 11 is 0. The maximum absolute atomic E-state index is 12.8. The summed E-state index contributed by atoms with van der Waals surface area (Å²) in [6.07, 6.45) is 8.68. The van der Waals surface area contributed by atoms with E-state index < -0.39 is 0 Å². The Morgan fingerprint density at radius 1 is 1.09 bits per heavy atom. The lowest BCUT2D eigenvalue weighted by Gasteiger charge is -2.23. The first-order valence-electron chi connectivity index (χ1n) is 9.39. The zero-order valence-corrected chi connectivity index (χ0v) is 14.2. The van der Waals surface area contributed by atoms with Crippen LogP contribution in [-0.2, 0) is 4.79 Å². The van der Waals surface area contributed by atoms with Crippen LogP contribution in [0, 0.1) is 5.92 Å². The average molecular weight is 314 g/mol. The molecule has 1 saturated carbocycles. The van der Waals surface area contributed by atoms with Crippen molar-refractivity contribution in [2.45, 2.75) is 50.9 Å². The lowest BCUT2D eigenvalue weighted by atomic mass is 9.84. The van der Waals surface area contributed by atoms with Crippen LogP contribution >= 0.6 is 0 Å². The SMILES string of the molecule is O=C(NCCCN1CCCC1)C(c1ccccc1)C1CCCC1. The molecule has 3 heteroatoms. The molecule has 1 aliphatic heterocycles. The lowest BCUT2D eigenvalue weighted by molar-refractivity contribution is -0.123. The summed E-state index contributed by atoms with van der Waals surface area (Å²) in [5.41, 5.74) is 1.19. The van der Waals surface area contributed by atoms with Crippen molar-refractivity contribution in [3.63, 3.8) is 0 Å². The van der Waals surface area contributed by atoms with Gasteiger partial charge in [-0.15, -0.1) is 0 Å². The summed E-state index contributed by atoms with van der Waals surface area (Å²) < 4.78 is 0. The van der Waals surface area contributed by atoms with Crippen LogP contribution in [0.25, 0.3) is 0 Å². The Labute approximate surface area is 140 Å². The van der Waals surface area contributed by atoms with Crippen LogP contribution in [0.15, 0.2) is 30.3 Å². The molecule has 0 bridgehead atoms. The first-order chi connectivity index (χ1) is 11.3. The van der Waals surface area contributed by atoms with E-state index in [0.29, 0.717) is 5.92 Å². The van der Waals surface area contributed by atoms with Gasteiger partial charge in [-0.3, -0.25) is 4.79 Å². The molecule has 126 valence electrons. The number of benzene rings is 1. The Morgan fingerprint density at radius 3 is 2.48 bits per heavy atom. The Bertz CT molecular complexity index is 476. The van der Waals surface area contributed by atoms with Gasteiger partial charge in [0.15, 0.2) is 0 Å². The number of likely N-dealkylation sites (tertiary alicyclic amines) is 1. The van der Waals surface area contributed by atoms with Crippen LogP contribution in [0.1, 0.15) is 56.4 Å². The third-order valence-corrected chi connectivity index (χ3v) is 5.46. The second kappa shape index (κ2) is 8.49. The molecule has 3 rings (SSSR count). The number of hydrogen-bond donors (Lipinski definition) is 1. The van der Waals surface area contributed by atoms with Gasteiger partial charge in [-0.2, -0.15) is 0 Å². The minimum atomic E-state index is 0.0467. The van der Waals surface area contributed by atoms with Crippen molar-refractivity contribution in [3.05, 3.63) is 35.9 Å². The summed E-state index contributed by atoms with van der Waals surface area (Å²) in [7, 11) is 0.